The Balaban J connectivity index is -0.0000000910. The zero-order valence-corrected chi connectivity index (χ0v) is 9.13. The molecule has 0 fully saturated rings. The Morgan fingerprint density at radius 2 is 1.00 bits per heavy atom. The first-order valence-corrected chi connectivity index (χ1v) is 3.12. The van der Waals surface area contributed by atoms with Gasteiger partial charge >= 0.3 is 15.1 Å². The van der Waals surface area contributed by atoms with E-state index in [1.165, 1.54) is 0 Å². The van der Waals surface area contributed by atoms with E-state index in [-0.39, 0.29) is 51.4 Å². The van der Waals surface area contributed by atoms with Crippen molar-refractivity contribution in [2.75, 3.05) is 0 Å². The Hall–Kier alpha value is 1.69. The second kappa shape index (κ2) is 8.78. The molecule has 10 heavy (non-hydrogen) atoms. The fourth-order valence-electron chi connectivity index (χ4n) is 0. The van der Waals surface area contributed by atoms with Gasteiger partial charge in [0.25, 0.3) is 0 Å². The minimum Gasteiger partial charge on any atom is -0.402 e. The molecule has 0 aliphatic heterocycles. The standard InChI is InChI=1S/BH3O3.K.H3O4P/c2-1(3)4;;1-5(2,3)4/h2-4H;;(H3,1,2,3,4). The molecule has 0 heterocycles. The van der Waals surface area contributed by atoms with E-state index in [0.29, 0.717) is 0 Å². The quantitative estimate of drug-likeness (QED) is 0.177. The van der Waals surface area contributed by atoms with Crippen molar-refractivity contribution in [3.05, 3.63) is 0 Å². The third-order valence-corrected chi connectivity index (χ3v) is 0. The molecule has 0 unspecified atom stereocenters. The molecule has 0 aromatic rings. The van der Waals surface area contributed by atoms with Crippen LogP contribution < -0.4 is 0 Å². The van der Waals surface area contributed by atoms with Crippen molar-refractivity contribution in [3.8, 4) is 0 Å². The van der Waals surface area contributed by atoms with Gasteiger partial charge in [0.2, 0.25) is 0 Å². The molecule has 6 N–H and O–H groups in total. The second-order valence-corrected chi connectivity index (χ2v) is 1.89. The molecule has 1 radical (unpaired) electrons. The van der Waals surface area contributed by atoms with Crippen LogP contribution in [0.25, 0.3) is 0 Å². The Morgan fingerprint density at radius 3 is 1.00 bits per heavy atom. The van der Waals surface area contributed by atoms with Gasteiger partial charge in [-0.1, -0.05) is 0 Å². The van der Waals surface area contributed by atoms with Crippen LogP contribution in [0.15, 0.2) is 0 Å². The van der Waals surface area contributed by atoms with E-state index in [4.69, 9.17) is 34.3 Å². The van der Waals surface area contributed by atoms with Crippen molar-refractivity contribution >= 4 is 66.5 Å². The van der Waals surface area contributed by atoms with E-state index in [2.05, 4.69) is 0 Å². The summed E-state index contributed by atoms with van der Waals surface area (Å²) in [7, 11) is -6.81. The third kappa shape index (κ3) is 256. The maximum Gasteiger partial charge on any atom is 0.631 e. The molecule has 0 aromatic heterocycles. The molecular weight excluding hydrogens is 193 g/mol. The number of hydrogen-bond donors (Lipinski definition) is 6. The van der Waals surface area contributed by atoms with Crippen LogP contribution in [0.5, 0.6) is 0 Å². The van der Waals surface area contributed by atoms with Crippen molar-refractivity contribution in [1.82, 2.24) is 0 Å². The second-order valence-electron chi connectivity index (χ2n) is 0.860. The minimum absolute atomic E-state index is 0. The van der Waals surface area contributed by atoms with E-state index in [1.54, 1.807) is 0 Å². The van der Waals surface area contributed by atoms with E-state index in [0.717, 1.165) is 0 Å². The largest absolute Gasteiger partial charge is 0.631 e. The zero-order valence-electron chi connectivity index (χ0n) is 5.12. The minimum atomic E-state index is -4.64. The van der Waals surface area contributed by atoms with Crippen LogP contribution in [-0.4, -0.2) is 88.5 Å². The van der Waals surface area contributed by atoms with Crippen LogP contribution >= 0.6 is 7.82 Å². The van der Waals surface area contributed by atoms with Crippen LogP contribution in [0.4, 0.5) is 0 Å². The summed E-state index contributed by atoms with van der Waals surface area (Å²) in [4.78, 5) is 21.6. The van der Waals surface area contributed by atoms with Crippen molar-refractivity contribution in [2.24, 2.45) is 0 Å². The maximum atomic E-state index is 8.88. The Morgan fingerprint density at radius 1 is 1.00 bits per heavy atom. The third-order valence-electron chi connectivity index (χ3n) is 0. The summed E-state index contributed by atoms with van der Waals surface area (Å²) < 4.78 is 8.88. The summed E-state index contributed by atoms with van der Waals surface area (Å²) in [6.07, 6.45) is 0. The van der Waals surface area contributed by atoms with E-state index < -0.39 is 15.1 Å². The fraction of sp³-hybridized carbons (Fsp3) is 0. The molecule has 0 aliphatic carbocycles. The molecule has 0 aromatic carbocycles. The van der Waals surface area contributed by atoms with Crippen LogP contribution in [0.2, 0.25) is 0 Å². The molecule has 7 nitrogen and oxygen atoms in total. The van der Waals surface area contributed by atoms with Gasteiger partial charge in [0, 0.05) is 51.4 Å². The number of phosphoric acid groups is 1. The van der Waals surface area contributed by atoms with Crippen LogP contribution in [0, 0.1) is 0 Å². The van der Waals surface area contributed by atoms with Gasteiger partial charge in [-0.15, -0.1) is 0 Å². The predicted octanol–water partition coefficient (Wildman–Crippen LogP) is -3.36. The first-order valence-electron chi connectivity index (χ1n) is 1.56. The van der Waals surface area contributed by atoms with Gasteiger partial charge in [0.05, 0.1) is 0 Å². The Bertz CT molecular complexity index is 84.8. The van der Waals surface area contributed by atoms with Crippen molar-refractivity contribution in [1.29, 1.82) is 0 Å². The van der Waals surface area contributed by atoms with Gasteiger partial charge < -0.3 is 29.8 Å². The van der Waals surface area contributed by atoms with E-state index in [9.17, 15) is 0 Å². The SMILES string of the molecule is O=P(O)(O)O.OB(O)O.[K]. The zero-order chi connectivity index (χ0) is 8.08. The van der Waals surface area contributed by atoms with Gasteiger partial charge in [-0.3, -0.25) is 0 Å². The Kier molecular flexibility index (Phi) is 15.5. The van der Waals surface area contributed by atoms with Crippen molar-refractivity contribution in [3.63, 3.8) is 0 Å². The molecule has 0 aliphatic rings. The summed E-state index contributed by atoms with van der Waals surface area (Å²) >= 11 is 0. The summed E-state index contributed by atoms with van der Waals surface area (Å²) in [5.41, 5.74) is 0. The summed E-state index contributed by atoms with van der Waals surface area (Å²) in [5, 5.41) is 21.5. The molecule has 0 atom stereocenters. The summed E-state index contributed by atoms with van der Waals surface area (Å²) in [6.45, 7) is 0. The first-order chi connectivity index (χ1) is 3.73. The van der Waals surface area contributed by atoms with Gasteiger partial charge in [-0.25, -0.2) is 4.57 Å². The molecule has 0 saturated heterocycles. The van der Waals surface area contributed by atoms with E-state index in [1.807, 2.05) is 0 Å². The number of hydrogen-bond acceptors (Lipinski definition) is 4. The average Bonchev–Trinajstić information content (AvgIpc) is 1.19. The summed E-state index contributed by atoms with van der Waals surface area (Å²) in [5.74, 6) is 0. The molecule has 57 valence electrons. The molecular formula is H6BKO7P. The van der Waals surface area contributed by atoms with E-state index >= 15 is 0 Å². The first kappa shape index (κ1) is 17.7. The normalized spacial score (nSPS) is 8.60. The van der Waals surface area contributed by atoms with Crippen LogP contribution in [0.1, 0.15) is 0 Å². The maximum absolute atomic E-state index is 8.88. The van der Waals surface area contributed by atoms with Gasteiger partial charge in [-0.2, -0.15) is 0 Å². The molecule has 0 spiro atoms. The fourth-order valence-corrected chi connectivity index (χ4v) is 0. The van der Waals surface area contributed by atoms with Crippen molar-refractivity contribution < 1.29 is 34.3 Å². The Labute approximate surface area is 99.5 Å². The monoisotopic (exact) mass is 199 g/mol. The molecule has 0 amide bonds. The van der Waals surface area contributed by atoms with Crippen molar-refractivity contribution in [2.45, 2.75) is 0 Å². The van der Waals surface area contributed by atoms with Gasteiger partial charge in [0.15, 0.2) is 0 Å². The number of rotatable bonds is 0. The topological polar surface area (TPSA) is 138 Å². The average molecular weight is 199 g/mol. The van der Waals surface area contributed by atoms with Crippen LogP contribution in [-0.2, 0) is 4.57 Å². The van der Waals surface area contributed by atoms with Gasteiger partial charge in [0.1, 0.15) is 0 Å². The predicted molar refractivity (Wildman–Crippen MR) is 32.4 cm³/mol. The smallest absolute Gasteiger partial charge is 0.402 e. The van der Waals surface area contributed by atoms with Crippen LogP contribution in [0.3, 0.4) is 0 Å². The summed E-state index contributed by atoms with van der Waals surface area (Å²) in [6, 6.07) is 0. The van der Waals surface area contributed by atoms with Gasteiger partial charge in [-0.05, 0) is 0 Å². The molecule has 0 bridgehead atoms. The molecule has 0 rings (SSSR count). The molecule has 0 saturated carbocycles. The molecule has 10 heteroatoms.